The number of aliphatic hydroxyl groups excluding tert-OH is 1. The maximum atomic E-state index is 10.6. The highest BCUT2D eigenvalue weighted by atomic mass is 32.2. The number of nitro groups is 1. The van der Waals surface area contributed by atoms with Crippen molar-refractivity contribution < 1.29 is 10.0 Å². The number of thioether (sulfide) groups is 1. The Morgan fingerprint density at radius 3 is 2.88 bits per heavy atom. The molecule has 1 aromatic carbocycles. The molecule has 0 saturated heterocycles. The molecular weight excluding hydrogens is 228 g/mol. The summed E-state index contributed by atoms with van der Waals surface area (Å²) in [7, 11) is 0. The van der Waals surface area contributed by atoms with E-state index in [9.17, 15) is 10.1 Å². The van der Waals surface area contributed by atoms with E-state index in [4.69, 9.17) is 10.8 Å². The van der Waals surface area contributed by atoms with Gasteiger partial charge in [0.05, 0.1) is 11.5 Å². The normalized spacial score (nSPS) is 12.4. The van der Waals surface area contributed by atoms with Crippen LogP contribution in [0.2, 0.25) is 0 Å². The summed E-state index contributed by atoms with van der Waals surface area (Å²) >= 11 is 1.54. The summed E-state index contributed by atoms with van der Waals surface area (Å²) in [6.07, 6.45) is 0. The van der Waals surface area contributed by atoms with Gasteiger partial charge in [-0.3, -0.25) is 10.1 Å². The molecule has 0 radical (unpaired) electrons. The maximum absolute atomic E-state index is 10.6. The monoisotopic (exact) mass is 242 g/mol. The van der Waals surface area contributed by atoms with E-state index >= 15 is 0 Å². The highest BCUT2D eigenvalue weighted by Crippen LogP contribution is 2.25. The van der Waals surface area contributed by atoms with Crippen molar-refractivity contribution in [3.05, 3.63) is 33.9 Å². The summed E-state index contributed by atoms with van der Waals surface area (Å²) in [5.41, 5.74) is 6.44. The van der Waals surface area contributed by atoms with E-state index < -0.39 is 4.92 Å². The molecule has 0 aliphatic carbocycles. The molecule has 0 heterocycles. The standard InChI is InChI=1S/C10H14N2O3S/c1-7(5-13)16-6-8-2-3-9(11)10(4-8)12(14)15/h2-4,7,13H,5-6,11H2,1H3. The van der Waals surface area contributed by atoms with E-state index in [0.29, 0.717) is 5.75 Å². The molecule has 0 aromatic heterocycles. The van der Waals surface area contributed by atoms with Crippen molar-refractivity contribution in [2.45, 2.75) is 17.9 Å². The minimum absolute atomic E-state index is 0.0604. The van der Waals surface area contributed by atoms with Gasteiger partial charge in [0.2, 0.25) is 0 Å². The zero-order chi connectivity index (χ0) is 12.1. The zero-order valence-corrected chi connectivity index (χ0v) is 9.74. The molecule has 3 N–H and O–H groups in total. The number of rotatable bonds is 5. The maximum Gasteiger partial charge on any atom is 0.292 e. The fourth-order valence-corrected chi connectivity index (χ4v) is 1.89. The highest BCUT2D eigenvalue weighted by molar-refractivity contribution is 7.99. The number of nitro benzene ring substituents is 1. The van der Waals surface area contributed by atoms with Crippen LogP contribution in [0.15, 0.2) is 18.2 Å². The largest absolute Gasteiger partial charge is 0.395 e. The fourth-order valence-electron chi connectivity index (χ4n) is 1.13. The fraction of sp³-hybridized carbons (Fsp3) is 0.400. The molecule has 0 amide bonds. The molecule has 0 spiro atoms. The van der Waals surface area contributed by atoms with Crippen LogP contribution in [0.25, 0.3) is 0 Å². The number of hydrogen-bond acceptors (Lipinski definition) is 5. The molecule has 0 aliphatic rings. The number of benzene rings is 1. The van der Waals surface area contributed by atoms with Gasteiger partial charge in [-0.05, 0) is 11.6 Å². The van der Waals surface area contributed by atoms with Gasteiger partial charge in [0.1, 0.15) is 5.69 Å². The van der Waals surface area contributed by atoms with Crippen LogP contribution in [0.3, 0.4) is 0 Å². The minimum Gasteiger partial charge on any atom is -0.395 e. The van der Waals surface area contributed by atoms with Crippen LogP contribution in [-0.4, -0.2) is 21.9 Å². The van der Waals surface area contributed by atoms with Crippen molar-refractivity contribution in [3.8, 4) is 0 Å². The van der Waals surface area contributed by atoms with Crippen molar-refractivity contribution in [1.29, 1.82) is 0 Å². The molecule has 1 aromatic rings. The van der Waals surface area contributed by atoms with Crippen molar-refractivity contribution >= 4 is 23.1 Å². The van der Waals surface area contributed by atoms with Gasteiger partial charge < -0.3 is 10.8 Å². The lowest BCUT2D eigenvalue weighted by atomic mass is 10.2. The van der Waals surface area contributed by atoms with Crippen molar-refractivity contribution in [2.24, 2.45) is 0 Å². The lowest BCUT2D eigenvalue weighted by molar-refractivity contribution is -0.383. The lowest BCUT2D eigenvalue weighted by Gasteiger charge is -2.07. The third kappa shape index (κ3) is 3.39. The van der Waals surface area contributed by atoms with E-state index in [1.807, 2.05) is 6.92 Å². The Morgan fingerprint density at radius 1 is 1.62 bits per heavy atom. The average molecular weight is 242 g/mol. The summed E-state index contributed by atoms with van der Waals surface area (Å²) in [6, 6.07) is 4.78. The van der Waals surface area contributed by atoms with Crippen LogP contribution in [0.4, 0.5) is 11.4 Å². The van der Waals surface area contributed by atoms with Crippen molar-refractivity contribution in [1.82, 2.24) is 0 Å². The predicted octanol–water partition coefficient (Wildman–Crippen LogP) is 1.79. The molecule has 1 rings (SSSR count). The third-order valence-electron chi connectivity index (χ3n) is 2.08. The lowest BCUT2D eigenvalue weighted by Crippen LogP contribution is -2.02. The predicted molar refractivity (Wildman–Crippen MR) is 65.4 cm³/mol. The van der Waals surface area contributed by atoms with E-state index in [2.05, 4.69) is 0 Å². The molecule has 5 nitrogen and oxygen atoms in total. The Balaban J connectivity index is 2.75. The first-order chi connectivity index (χ1) is 7.54. The second-order valence-corrected chi connectivity index (χ2v) is 4.88. The Hall–Kier alpha value is -1.27. The van der Waals surface area contributed by atoms with E-state index in [-0.39, 0.29) is 23.2 Å². The second kappa shape index (κ2) is 5.72. The van der Waals surface area contributed by atoms with Crippen molar-refractivity contribution in [3.63, 3.8) is 0 Å². The van der Waals surface area contributed by atoms with Gasteiger partial charge in [0.25, 0.3) is 5.69 Å². The second-order valence-electron chi connectivity index (χ2n) is 3.45. The molecule has 0 aliphatic heterocycles. The van der Waals surface area contributed by atoms with Crippen LogP contribution in [0.1, 0.15) is 12.5 Å². The first-order valence-electron chi connectivity index (χ1n) is 4.80. The van der Waals surface area contributed by atoms with Crippen LogP contribution < -0.4 is 5.73 Å². The number of aliphatic hydroxyl groups is 1. The van der Waals surface area contributed by atoms with Crippen LogP contribution in [-0.2, 0) is 5.75 Å². The van der Waals surface area contributed by atoms with Crippen molar-refractivity contribution in [2.75, 3.05) is 12.3 Å². The van der Waals surface area contributed by atoms with Gasteiger partial charge in [-0.15, -0.1) is 0 Å². The van der Waals surface area contributed by atoms with Gasteiger partial charge in [-0.2, -0.15) is 11.8 Å². The number of anilines is 1. The van der Waals surface area contributed by atoms with Crippen LogP contribution >= 0.6 is 11.8 Å². The number of nitrogens with zero attached hydrogens (tertiary/aromatic N) is 1. The van der Waals surface area contributed by atoms with E-state index in [1.165, 1.54) is 12.1 Å². The molecule has 0 saturated carbocycles. The highest BCUT2D eigenvalue weighted by Gasteiger charge is 2.12. The van der Waals surface area contributed by atoms with E-state index in [0.717, 1.165) is 5.56 Å². The number of hydrogen-bond donors (Lipinski definition) is 2. The summed E-state index contributed by atoms with van der Waals surface area (Å²) < 4.78 is 0. The van der Waals surface area contributed by atoms with Gasteiger partial charge in [0.15, 0.2) is 0 Å². The molecule has 16 heavy (non-hydrogen) atoms. The summed E-state index contributed by atoms with van der Waals surface area (Å²) in [6.45, 7) is 2.00. The Morgan fingerprint density at radius 2 is 2.31 bits per heavy atom. The molecule has 6 heteroatoms. The quantitative estimate of drug-likeness (QED) is 0.467. The summed E-state index contributed by atoms with van der Waals surface area (Å²) in [5, 5.41) is 19.6. The SMILES string of the molecule is CC(CO)SCc1ccc(N)c([N+](=O)[O-])c1. The topological polar surface area (TPSA) is 89.4 Å². The first-order valence-corrected chi connectivity index (χ1v) is 5.84. The molecule has 0 bridgehead atoms. The Bertz CT molecular complexity index is 384. The van der Waals surface area contributed by atoms with Gasteiger partial charge in [0, 0.05) is 17.1 Å². The van der Waals surface area contributed by atoms with Crippen LogP contribution in [0, 0.1) is 10.1 Å². The Kier molecular flexibility index (Phi) is 4.57. The van der Waals surface area contributed by atoms with E-state index in [1.54, 1.807) is 17.8 Å². The molecule has 1 atom stereocenters. The van der Waals surface area contributed by atoms with Crippen LogP contribution in [0.5, 0.6) is 0 Å². The molecule has 1 unspecified atom stereocenters. The molecular formula is C10H14N2O3S. The molecule has 0 fully saturated rings. The summed E-state index contributed by atoms with van der Waals surface area (Å²) in [5.74, 6) is 0.628. The number of nitrogens with two attached hydrogens (primary N) is 1. The molecule has 88 valence electrons. The minimum atomic E-state index is -0.487. The van der Waals surface area contributed by atoms with Gasteiger partial charge >= 0.3 is 0 Å². The zero-order valence-electron chi connectivity index (χ0n) is 8.92. The number of nitrogen functional groups attached to an aromatic ring is 1. The Labute approximate surface area is 97.8 Å². The summed E-state index contributed by atoms with van der Waals surface area (Å²) in [4.78, 5) is 10.2. The van der Waals surface area contributed by atoms with Gasteiger partial charge in [-0.25, -0.2) is 0 Å². The first kappa shape index (κ1) is 12.8. The smallest absolute Gasteiger partial charge is 0.292 e. The third-order valence-corrected chi connectivity index (χ3v) is 3.30. The average Bonchev–Trinajstić information content (AvgIpc) is 2.27. The van der Waals surface area contributed by atoms with Gasteiger partial charge in [-0.1, -0.05) is 13.0 Å².